The minimum atomic E-state index is -0.0616. The maximum Gasteiger partial charge on any atom is 0.228 e. The first-order valence-corrected chi connectivity index (χ1v) is 11.5. The molecule has 0 aliphatic rings. The van der Waals surface area contributed by atoms with Crippen LogP contribution in [-0.4, -0.2) is 34.6 Å². The Bertz CT molecular complexity index is 1170. The Balaban J connectivity index is 1.45. The number of rotatable bonds is 10. The molecule has 6 heteroatoms. The predicted octanol–water partition coefficient (Wildman–Crippen LogP) is 5.51. The summed E-state index contributed by atoms with van der Waals surface area (Å²) >= 11 is 0. The van der Waals surface area contributed by atoms with E-state index in [1.54, 1.807) is 7.11 Å². The Morgan fingerprint density at radius 2 is 1.62 bits per heavy atom. The minimum Gasteiger partial charge on any atom is -0.497 e. The summed E-state index contributed by atoms with van der Waals surface area (Å²) in [5.74, 6) is 1.91. The molecule has 1 heterocycles. The number of hydrogen-bond donors (Lipinski definition) is 0. The highest BCUT2D eigenvalue weighted by Crippen LogP contribution is 2.23. The molecule has 0 saturated heterocycles. The molecule has 0 spiro atoms. The number of carbonyl (C=O) groups is 1. The van der Waals surface area contributed by atoms with Crippen molar-refractivity contribution in [1.82, 2.24) is 15.0 Å². The van der Waals surface area contributed by atoms with Crippen LogP contribution >= 0.6 is 0 Å². The molecule has 6 nitrogen and oxygen atoms in total. The number of aryl methyl sites for hydroxylation is 1. The number of hydrogen-bond acceptors (Lipinski definition) is 5. The van der Waals surface area contributed by atoms with Crippen molar-refractivity contribution in [3.8, 4) is 17.1 Å². The topological polar surface area (TPSA) is 68.5 Å². The second-order valence-corrected chi connectivity index (χ2v) is 8.15. The maximum atomic E-state index is 13.3. The molecule has 3 aromatic carbocycles. The fourth-order valence-corrected chi connectivity index (χ4v) is 3.92. The molecule has 1 aromatic heterocycles. The molecular formula is C28H29N3O3. The van der Waals surface area contributed by atoms with E-state index < -0.39 is 0 Å². The van der Waals surface area contributed by atoms with Gasteiger partial charge in [0.15, 0.2) is 0 Å². The summed E-state index contributed by atoms with van der Waals surface area (Å²) in [7, 11) is 1.63. The second kappa shape index (κ2) is 11.3. The first-order chi connectivity index (χ1) is 16.6. The zero-order valence-corrected chi connectivity index (χ0v) is 19.6. The number of nitrogens with zero attached hydrogens (tertiary/aromatic N) is 3. The van der Waals surface area contributed by atoms with E-state index in [-0.39, 0.29) is 11.9 Å². The molecule has 0 aliphatic heterocycles. The lowest BCUT2D eigenvalue weighted by atomic mass is 10.0. The van der Waals surface area contributed by atoms with E-state index in [0.717, 1.165) is 22.4 Å². The molecule has 0 bridgehead atoms. The molecular weight excluding hydrogens is 426 g/mol. The molecule has 1 amide bonds. The quantitative estimate of drug-likeness (QED) is 0.315. The molecule has 4 rings (SSSR count). The number of benzene rings is 3. The van der Waals surface area contributed by atoms with Gasteiger partial charge in [0.05, 0.1) is 13.2 Å². The molecule has 0 aliphatic carbocycles. The van der Waals surface area contributed by atoms with Crippen LogP contribution in [0.4, 0.5) is 0 Å². The highest BCUT2D eigenvalue weighted by Gasteiger charge is 2.22. The van der Waals surface area contributed by atoms with Gasteiger partial charge in [-0.2, -0.15) is 4.98 Å². The zero-order chi connectivity index (χ0) is 23.8. The molecule has 0 N–H and O–H groups in total. The Labute approximate surface area is 200 Å². The standard InChI is InChI=1S/C28H29N3O3/c1-21(23-11-7-4-8-12-23)31(27(32)18-13-22-9-5-3-6-10-22)20-19-26-29-28(30-34-26)24-14-16-25(33-2)17-15-24/h3-12,14-17,21H,13,18-20H2,1-2H3/t21-/m1/s1. The summed E-state index contributed by atoms with van der Waals surface area (Å²) in [6.07, 6.45) is 1.64. The Hall–Kier alpha value is -3.93. The number of amides is 1. The van der Waals surface area contributed by atoms with Crippen molar-refractivity contribution >= 4 is 5.91 Å². The van der Waals surface area contributed by atoms with Crippen molar-refractivity contribution in [1.29, 1.82) is 0 Å². The van der Waals surface area contributed by atoms with Gasteiger partial charge in [-0.25, -0.2) is 0 Å². The SMILES string of the molecule is COc1ccc(-c2noc(CCN(C(=O)CCc3ccccc3)[C@H](C)c3ccccc3)n2)cc1. The third-order valence-electron chi connectivity index (χ3n) is 5.92. The van der Waals surface area contributed by atoms with Gasteiger partial charge in [0.25, 0.3) is 0 Å². The van der Waals surface area contributed by atoms with Crippen molar-refractivity contribution in [2.75, 3.05) is 13.7 Å². The predicted molar refractivity (Wildman–Crippen MR) is 131 cm³/mol. The molecule has 0 radical (unpaired) electrons. The van der Waals surface area contributed by atoms with E-state index in [1.807, 2.05) is 65.6 Å². The van der Waals surface area contributed by atoms with Crippen molar-refractivity contribution in [3.63, 3.8) is 0 Å². The second-order valence-electron chi connectivity index (χ2n) is 8.15. The van der Waals surface area contributed by atoms with Gasteiger partial charge < -0.3 is 14.2 Å². The first-order valence-electron chi connectivity index (χ1n) is 11.5. The van der Waals surface area contributed by atoms with Crippen molar-refractivity contribution in [2.45, 2.75) is 32.2 Å². The van der Waals surface area contributed by atoms with Gasteiger partial charge in [-0.3, -0.25) is 4.79 Å². The molecule has 174 valence electrons. The van der Waals surface area contributed by atoms with Gasteiger partial charge in [-0.05, 0) is 48.7 Å². The summed E-state index contributed by atoms with van der Waals surface area (Å²) in [4.78, 5) is 19.7. The van der Waals surface area contributed by atoms with Crippen LogP contribution in [0, 0.1) is 0 Å². The highest BCUT2D eigenvalue weighted by molar-refractivity contribution is 5.77. The molecule has 0 saturated carbocycles. The summed E-state index contributed by atoms with van der Waals surface area (Å²) in [6, 6.07) is 27.6. The van der Waals surface area contributed by atoms with E-state index in [9.17, 15) is 4.79 Å². The van der Waals surface area contributed by atoms with Crippen LogP contribution in [-0.2, 0) is 17.6 Å². The fourth-order valence-electron chi connectivity index (χ4n) is 3.92. The Morgan fingerprint density at radius 3 is 2.29 bits per heavy atom. The lowest BCUT2D eigenvalue weighted by molar-refractivity contribution is -0.133. The monoisotopic (exact) mass is 455 g/mol. The van der Waals surface area contributed by atoms with Gasteiger partial charge in [-0.1, -0.05) is 65.8 Å². The first kappa shape index (κ1) is 23.2. The Kier molecular flexibility index (Phi) is 7.71. The van der Waals surface area contributed by atoms with Crippen LogP contribution < -0.4 is 4.74 Å². The van der Waals surface area contributed by atoms with E-state index >= 15 is 0 Å². The average molecular weight is 456 g/mol. The van der Waals surface area contributed by atoms with E-state index in [0.29, 0.717) is 37.5 Å². The number of carbonyl (C=O) groups excluding carboxylic acids is 1. The number of ether oxygens (including phenoxy) is 1. The third kappa shape index (κ3) is 5.90. The number of aromatic nitrogens is 2. The van der Waals surface area contributed by atoms with Crippen molar-refractivity contribution in [3.05, 3.63) is 102 Å². The van der Waals surface area contributed by atoms with Gasteiger partial charge in [0, 0.05) is 24.9 Å². The van der Waals surface area contributed by atoms with Crippen LogP contribution in [0.1, 0.15) is 36.4 Å². The molecule has 0 unspecified atom stereocenters. The van der Waals surface area contributed by atoms with E-state index in [2.05, 4.69) is 41.3 Å². The van der Waals surface area contributed by atoms with Crippen LogP contribution in [0.3, 0.4) is 0 Å². The van der Waals surface area contributed by atoms with Gasteiger partial charge in [0.1, 0.15) is 5.75 Å². The fraction of sp³-hybridized carbons (Fsp3) is 0.250. The largest absolute Gasteiger partial charge is 0.497 e. The Morgan fingerprint density at radius 1 is 0.941 bits per heavy atom. The lowest BCUT2D eigenvalue weighted by Gasteiger charge is -2.29. The van der Waals surface area contributed by atoms with Crippen LogP contribution in [0.15, 0.2) is 89.5 Å². The van der Waals surface area contributed by atoms with Crippen molar-refractivity contribution in [2.24, 2.45) is 0 Å². The van der Waals surface area contributed by atoms with Gasteiger partial charge in [-0.15, -0.1) is 0 Å². The smallest absolute Gasteiger partial charge is 0.228 e. The molecule has 1 atom stereocenters. The van der Waals surface area contributed by atoms with E-state index in [1.165, 1.54) is 0 Å². The van der Waals surface area contributed by atoms with Crippen molar-refractivity contribution < 1.29 is 14.1 Å². The van der Waals surface area contributed by atoms with Gasteiger partial charge >= 0.3 is 0 Å². The normalized spacial score (nSPS) is 11.7. The van der Waals surface area contributed by atoms with Gasteiger partial charge in [0.2, 0.25) is 17.6 Å². The van der Waals surface area contributed by atoms with E-state index in [4.69, 9.17) is 9.26 Å². The summed E-state index contributed by atoms with van der Waals surface area (Å²) < 4.78 is 10.7. The maximum absolute atomic E-state index is 13.3. The summed E-state index contributed by atoms with van der Waals surface area (Å²) in [5.41, 5.74) is 3.11. The van der Waals surface area contributed by atoms with Crippen LogP contribution in [0.2, 0.25) is 0 Å². The number of methoxy groups -OCH3 is 1. The van der Waals surface area contributed by atoms with Crippen LogP contribution in [0.5, 0.6) is 5.75 Å². The zero-order valence-electron chi connectivity index (χ0n) is 19.6. The minimum absolute atomic E-state index is 0.0616. The third-order valence-corrected chi connectivity index (χ3v) is 5.92. The summed E-state index contributed by atoms with van der Waals surface area (Å²) in [6.45, 7) is 2.56. The molecule has 0 fully saturated rings. The average Bonchev–Trinajstić information content (AvgIpc) is 3.37. The molecule has 34 heavy (non-hydrogen) atoms. The lowest BCUT2D eigenvalue weighted by Crippen LogP contribution is -2.35. The highest BCUT2D eigenvalue weighted by atomic mass is 16.5. The molecule has 4 aromatic rings. The summed E-state index contributed by atoms with van der Waals surface area (Å²) in [5, 5.41) is 4.11. The van der Waals surface area contributed by atoms with Crippen LogP contribution in [0.25, 0.3) is 11.4 Å².